The molecule has 2 aromatic carbocycles. The van der Waals surface area contributed by atoms with E-state index in [2.05, 4.69) is 17.4 Å². The maximum absolute atomic E-state index is 13.4. The Morgan fingerprint density at radius 1 is 1.06 bits per heavy atom. The van der Waals surface area contributed by atoms with Crippen molar-refractivity contribution in [2.45, 2.75) is 51.0 Å². The Balaban J connectivity index is 1.46. The molecule has 2 amide bonds. The molecule has 2 aromatic rings. The van der Waals surface area contributed by atoms with Crippen LogP contribution in [0.2, 0.25) is 0 Å². The number of hydrogen-bond donors (Lipinski definition) is 2. The van der Waals surface area contributed by atoms with Gasteiger partial charge >= 0.3 is 12.1 Å². The Morgan fingerprint density at radius 3 is 2.18 bits per heavy atom. The van der Waals surface area contributed by atoms with E-state index < -0.39 is 17.6 Å². The Morgan fingerprint density at radius 2 is 1.65 bits per heavy atom. The lowest BCUT2D eigenvalue weighted by molar-refractivity contribution is -0.147. The van der Waals surface area contributed by atoms with Gasteiger partial charge in [-0.2, -0.15) is 0 Å². The van der Waals surface area contributed by atoms with E-state index in [0.29, 0.717) is 25.3 Å². The van der Waals surface area contributed by atoms with Crippen molar-refractivity contribution in [2.24, 2.45) is 5.92 Å². The van der Waals surface area contributed by atoms with Crippen LogP contribution < -0.4 is 5.32 Å². The predicted molar refractivity (Wildman–Crippen MR) is 128 cm³/mol. The van der Waals surface area contributed by atoms with E-state index >= 15 is 0 Å². The minimum atomic E-state index is -1.23. The first-order chi connectivity index (χ1) is 16.3. The number of carbonyl (C=O) groups excluding carboxylic acids is 2. The van der Waals surface area contributed by atoms with Gasteiger partial charge in [0, 0.05) is 12.5 Å². The smallest absolute Gasteiger partial charge is 0.408 e. The monoisotopic (exact) mass is 464 g/mol. The van der Waals surface area contributed by atoms with Crippen LogP contribution in [0.5, 0.6) is 0 Å². The van der Waals surface area contributed by atoms with Gasteiger partial charge in [-0.25, -0.2) is 4.79 Å². The highest BCUT2D eigenvalue weighted by Crippen LogP contribution is 2.44. The zero-order valence-electron chi connectivity index (χ0n) is 19.8. The van der Waals surface area contributed by atoms with Crippen LogP contribution in [0.4, 0.5) is 4.79 Å². The summed E-state index contributed by atoms with van der Waals surface area (Å²) in [7, 11) is 0. The number of carbonyl (C=O) groups is 3. The van der Waals surface area contributed by atoms with E-state index in [1.165, 1.54) is 4.90 Å². The van der Waals surface area contributed by atoms with Gasteiger partial charge in [-0.3, -0.25) is 9.59 Å². The minimum absolute atomic E-state index is 0.0790. The second kappa shape index (κ2) is 9.87. The number of nitrogens with one attached hydrogen (secondary N) is 1. The largest absolute Gasteiger partial charge is 0.480 e. The molecule has 2 aliphatic rings. The van der Waals surface area contributed by atoms with Crippen molar-refractivity contribution in [3.63, 3.8) is 0 Å². The van der Waals surface area contributed by atoms with E-state index in [-0.39, 0.29) is 25.0 Å². The molecule has 0 heterocycles. The zero-order chi connectivity index (χ0) is 24.3. The summed E-state index contributed by atoms with van der Waals surface area (Å²) in [4.78, 5) is 39.0. The van der Waals surface area contributed by atoms with Crippen LogP contribution in [0.3, 0.4) is 0 Å². The number of benzene rings is 2. The number of nitrogens with zero attached hydrogens (tertiary/aromatic N) is 1. The molecule has 2 aliphatic carbocycles. The number of carboxylic acids is 1. The van der Waals surface area contributed by atoms with Crippen molar-refractivity contribution >= 4 is 18.0 Å². The first kappa shape index (κ1) is 23.8. The second-order valence-electron chi connectivity index (χ2n) is 9.56. The van der Waals surface area contributed by atoms with E-state index in [4.69, 9.17) is 4.74 Å². The van der Waals surface area contributed by atoms with Gasteiger partial charge in [0.2, 0.25) is 5.91 Å². The fraction of sp³-hybridized carbons (Fsp3) is 0.444. The summed E-state index contributed by atoms with van der Waals surface area (Å²) in [6.45, 7) is 3.75. The molecular weight excluding hydrogens is 432 g/mol. The lowest BCUT2D eigenvalue weighted by Gasteiger charge is -2.34. The third-order valence-corrected chi connectivity index (χ3v) is 6.73. The van der Waals surface area contributed by atoms with Crippen LogP contribution in [-0.4, -0.2) is 53.2 Å². The Hall–Kier alpha value is -3.35. The third kappa shape index (κ3) is 5.08. The summed E-state index contributed by atoms with van der Waals surface area (Å²) in [6.07, 6.45) is 2.35. The molecule has 0 aliphatic heterocycles. The van der Waals surface area contributed by atoms with Gasteiger partial charge < -0.3 is 20.1 Å². The predicted octanol–water partition coefficient (Wildman–Crippen LogP) is 4.41. The summed E-state index contributed by atoms with van der Waals surface area (Å²) in [6, 6.07) is 16.2. The number of ether oxygens (including phenoxy) is 1. The number of amides is 2. The fourth-order valence-corrected chi connectivity index (χ4v) is 4.93. The van der Waals surface area contributed by atoms with Crippen LogP contribution in [0, 0.1) is 5.92 Å². The van der Waals surface area contributed by atoms with Crippen LogP contribution in [0.1, 0.15) is 56.6 Å². The van der Waals surface area contributed by atoms with Crippen molar-refractivity contribution in [3.05, 3.63) is 59.7 Å². The summed E-state index contributed by atoms with van der Waals surface area (Å²) in [5.74, 6) is -1.18. The van der Waals surface area contributed by atoms with E-state index in [1.54, 1.807) is 6.92 Å². The number of fused-ring (bicyclic) bond motifs is 3. The molecule has 4 rings (SSSR count). The topological polar surface area (TPSA) is 95.9 Å². The Kier molecular flexibility index (Phi) is 6.91. The van der Waals surface area contributed by atoms with Crippen molar-refractivity contribution < 1.29 is 24.2 Å². The lowest BCUT2D eigenvalue weighted by atomic mass is 9.94. The highest BCUT2D eigenvalue weighted by atomic mass is 16.5. The average Bonchev–Trinajstić information content (AvgIpc) is 3.57. The summed E-state index contributed by atoms with van der Waals surface area (Å²) >= 11 is 0. The maximum Gasteiger partial charge on any atom is 0.408 e. The first-order valence-corrected chi connectivity index (χ1v) is 12.0. The van der Waals surface area contributed by atoms with Crippen LogP contribution >= 0.6 is 0 Å². The van der Waals surface area contributed by atoms with Crippen molar-refractivity contribution in [2.75, 3.05) is 19.7 Å². The number of alkyl carbamates (subject to hydrolysis) is 1. The molecule has 180 valence electrons. The van der Waals surface area contributed by atoms with Gasteiger partial charge in [0.15, 0.2) is 0 Å². The van der Waals surface area contributed by atoms with Gasteiger partial charge in [-0.15, -0.1) is 0 Å². The van der Waals surface area contributed by atoms with Gasteiger partial charge in [0.1, 0.15) is 18.7 Å². The van der Waals surface area contributed by atoms with Gasteiger partial charge in [0.05, 0.1) is 0 Å². The van der Waals surface area contributed by atoms with Gasteiger partial charge in [-0.1, -0.05) is 61.9 Å². The quantitative estimate of drug-likeness (QED) is 0.543. The van der Waals surface area contributed by atoms with Crippen LogP contribution in [0.15, 0.2) is 48.5 Å². The number of carboxylic acid groups (broad SMARTS) is 1. The molecule has 0 radical (unpaired) electrons. The van der Waals surface area contributed by atoms with Crippen molar-refractivity contribution in [1.82, 2.24) is 10.2 Å². The SMILES string of the molecule is CCCC(C)(NC(=O)OCC1c2ccccc2-c2ccccc21)C(=O)N(CC(=O)O)CC1CC1. The van der Waals surface area contributed by atoms with E-state index in [1.807, 2.05) is 43.3 Å². The summed E-state index contributed by atoms with van der Waals surface area (Å²) in [5.41, 5.74) is 3.27. The molecule has 1 saturated carbocycles. The molecule has 1 unspecified atom stereocenters. The highest BCUT2D eigenvalue weighted by molar-refractivity contribution is 5.91. The second-order valence-corrected chi connectivity index (χ2v) is 9.56. The Bertz CT molecular complexity index is 1030. The summed E-state index contributed by atoms with van der Waals surface area (Å²) in [5, 5.41) is 12.1. The average molecular weight is 465 g/mol. The maximum atomic E-state index is 13.4. The molecule has 0 bridgehead atoms. The van der Waals surface area contributed by atoms with E-state index in [0.717, 1.165) is 35.1 Å². The number of hydrogen-bond acceptors (Lipinski definition) is 4. The molecule has 7 nitrogen and oxygen atoms in total. The van der Waals surface area contributed by atoms with Crippen molar-refractivity contribution in [3.8, 4) is 11.1 Å². The number of aliphatic carboxylic acids is 1. The lowest BCUT2D eigenvalue weighted by Crippen LogP contribution is -2.59. The fourth-order valence-electron chi connectivity index (χ4n) is 4.93. The zero-order valence-corrected chi connectivity index (χ0v) is 19.8. The molecule has 1 fully saturated rings. The first-order valence-electron chi connectivity index (χ1n) is 12.0. The molecule has 0 aromatic heterocycles. The molecule has 1 atom stereocenters. The molecule has 34 heavy (non-hydrogen) atoms. The third-order valence-electron chi connectivity index (χ3n) is 6.73. The van der Waals surface area contributed by atoms with E-state index in [9.17, 15) is 19.5 Å². The van der Waals surface area contributed by atoms with Crippen LogP contribution in [-0.2, 0) is 14.3 Å². The molecule has 7 heteroatoms. The minimum Gasteiger partial charge on any atom is -0.480 e. The Labute approximate surface area is 200 Å². The summed E-state index contributed by atoms with van der Waals surface area (Å²) < 4.78 is 5.65. The molecular formula is C27H32N2O5. The normalized spacial score (nSPS) is 16.2. The highest BCUT2D eigenvalue weighted by Gasteiger charge is 2.40. The number of rotatable bonds is 10. The molecule has 0 spiro atoms. The van der Waals surface area contributed by atoms with Gasteiger partial charge in [-0.05, 0) is 54.4 Å². The molecule has 0 saturated heterocycles. The van der Waals surface area contributed by atoms with Gasteiger partial charge in [0.25, 0.3) is 0 Å². The molecule has 2 N–H and O–H groups in total. The standard InChI is InChI=1S/C27H32N2O5/c1-3-14-27(2,25(32)29(16-24(30)31)15-18-12-13-18)28-26(33)34-17-23-21-10-6-4-8-19(21)20-9-5-7-11-22(20)23/h4-11,18,23H,3,12-17H2,1-2H3,(H,28,33)(H,30,31). The van der Waals surface area contributed by atoms with Crippen molar-refractivity contribution in [1.29, 1.82) is 0 Å². The van der Waals surface area contributed by atoms with Crippen LogP contribution in [0.25, 0.3) is 11.1 Å².